The van der Waals surface area contributed by atoms with Gasteiger partial charge in [-0.25, -0.2) is 4.39 Å². The zero-order valence-corrected chi connectivity index (χ0v) is 5.00. The lowest BCUT2D eigenvalue weighted by molar-refractivity contribution is -0.117. The smallest absolute Gasteiger partial charge is 0.295 e. The molecule has 58 valence electrons. The summed E-state index contributed by atoms with van der Waals surface area (Å²) in [5.74, 6) is -3.32. The van der Waals surface area contributed by atoms with Crippen molar-refractivity contribution in [2.75, 3.05) is 0 Å². The van der Waals surface area contributed by atoms with Crippen molar-refractivity contribution in [1.29, 1.82) is 0 Å². The molecule has 0 aliphatic carbocycles. The summed E-state index contributed by atoms with van der Waals surface area (Å²) in [4.78, 5) is 9.88. The van der Waals surface area contributed by atoms with Gasteiger partial charge in [0.1, 0.15) is 0 Å². The second-order valence-corrected chi connectivity index (χ2v) is 1.60. The van der Waals surface area contributed by atoms with Gasteiger partial charge in [-0.05, 0) is 6.92 Å². The lowest BCUT2D eigenvalue weighted by Gasteiger charge is -1.99. The van der Waals surface area contributed by atoms with Crippen LogP contribution in [0.3, 0.4) is 0 Å². The maximum absolute atomic E-state index is 11.7. The zero-order valence-electron chi connectivity index (χ0n) is 5.00. The van der Waals surface area contributed by atoms with E-state index in [0.29, 0.717) is 0 Å². The third kappa shape index (κ3) is 3.21. The van der Waals surface area contributed by atoms with Crippen LogP contribution in [-0.2, 0) is 4.79 Å². The van der Waals surface area contributed by atoms with Gasteiger partial charge >= 0.3 is 6.18 Å². The quantitative estimate of drug-likeness (QED) is 0.419. The molecule has 0 heterocycles. The fourth-order valence-corrected chi connectivity index (χ4v) is 0.260. The monoisotopic (exact) mass is 156 g/mol. The topological polar surface area (TPSA) is 17.1 Å². The van der Waals surface area contributed by atoms with Crippen LogP contribution in [0.25, 0.3) is 0 Å². The molecule has 0 fully saturated rings. The molecule has 5 heteroatoms. The highest BCUT2D eigenvalue weighted by Gasteiger charge is 2.34. The van der Waals surface area contributed by atoms with Crippen molar-refractivity contribution < 1.29 is 22.4 Å². The van der Waals surface area contributed by atoms with Crippen LogP contribution < -0.4 is 0 Å². The van der Waals surface area contributed by atoms with E-state index in [1.54, 1.807) is 0 Å². The predicted molar refractivity (Wildman–Crippen MR) is 25.9 cm³/mol. The van der Waals surface area contributed by atoms with E-state index >= 15 is 0 Å². The van der Waals surface area contributed by atoms with Crippen LogP contribution in [0.5, 0.6) is 0 Å². The Morgan fingerprint density at radius 1 is 1.40 bits per heavy atom. The molecule has 0 N–H and O–H groups in total. The Kier molecular flexibility index (Phi) is 2.56. The van der Waals surface area contributed by atoms with E-state index < -0.39 is 17.8 Å². The second kappa shape index (κ2) is 2.81. The molecule has 0 bridgehead atoms. The molecule has 0 rings (SSSR count). The maximum atomic E-state index is 11.7. The molecular formula is C5H4F4O. The highest BCUT2D eigenvalue weighted by Crippen LogP contribution is 2.25. The fourth-order valence-electron chi connectivity index (χ4n) is 0.260. The fraction of sp³-hybridized carbons (Fsp3) is 0.400. The molecule has 0 saturated carbocycles. The number of alkyl halides is 3. The molecule has 1 nitrogen and oxygen atoms in total. The van der Waals surface area contributed by atoms with E-state index in [1.165, 1.54) is 0 Å². The van der Waals surface area contributed by atoms with Crippen molar-refractivity contribution in [2.45, 2.75) is 13.1 Å². The number of carbonyl (C=O) groups is 1. The number of rotatable bonds is 1. The van der Waals surface area contributed by atoms with Crippen molar-refractivity contribution in [2.24, 2.45) is 0 Å². The van der Waals surface area contributed by atoms with E-state index in [-0.39, 0.29) is 6.08 Å². The van der Waals surface area contributed by atoms with Crippen molar-refractivity contribution in [3.63, 3.8) is 0 Å². The van der Waals surface area contributed by atoms with Crippen LogP contribution in [0.2, 0.25) is 0 Å². The highest BCUT2D eigenvalue weighted by atomic mass is 19.4. The molecule has 0 radical (unpaired) electrons. The second-order valence-electron chi connectivity index (χ2n) is 1.60. The number of carbonyl (C=O) groups excluding carboxylic acids is 1. The zero-order chi connectivity index (χ0) is 8.36. The van der Waals surface area contributed by atoms with Gasteiger partial charge in [0.2, 0.25) is 5.83 Å². The molecule has 0 saturated heterocycles. The van der Waals surface area contributed by atoms with Crippen molar-refractivity contribution in [3.05, 3.63) is 11.9 Å². The molecule has 0 unspecified atom stereocenters. The molecule has 10 heavy (non-hydrogen) atoms. The number of hydrogen-bond acceptors (Lipinski definition) is 1. The highest BCUT2D eigenvalue weighted by molar-refractivity contribution is 5.87. The van der Waals surface area contributed by atoms with Gasteiger partial charge in [-0.15, -0.1) is 0 Å². The van der Waals surface area contributed by atoms with Crippen LogP contribution in [0.1, 0.15) is 6.92 Å². The van der Waals surface area contributed by atoms with Crippen LogP contribution in [0, 0.1) is 0 Å². The van der Waals surface area contributed by atoms with Gasteiger partial charge in [0.15, 0.2) is 5.78 Å². The Hall–Kier alpha value is -0.870. The Morgan fingerprint density at radius 3 is 1.90 bits per heavy atom. The Morgan fingerprint density at radius 2 is 1.80 bits per heavy atom. The van der Waals surface area contributed by atoms with Crippen LogP contribution >= 0.6 is 0 Å². The van der Waals surface area contributed by atoms with E-state index in [1.807, 2.05) is 0 Å². The van der Waals surface area contributed by atoms with Crippen molar-refractivity contribution in [1.82, 2.24) is 0 Å². The first-order valence-electron chi connectivity index (χ1n) is 2.29. The van der Waals surface area contributed by atoms with Crippen LogP contribution in [0.15, 0.2) is 11.9 Å². The number of halogens is 4. The van der Waals surface area contributed by atoms with Gasteiger partial charge < -0.3 is 0 Å². The van der Waals surface area contributed by atoms with Crippen molar-refractivity contribution >= 4 is 5.78 Å². The SMILES string of the molecule is CC(=O)C=C(F)C(F)(F)F. The van der Waals surface area contributed by atoms with Gasteiger partial charge in [0, 0.05) is 6.08 Å². The first-order valence-corrected chi connectivity index (χ1v) is 2.29. The Balaban J connectivity index is 4.35. The van der Waals surface area contributed by atoms with Gasteiger partial charge in [-0.1, -0.05) is 0 Å². The van der Waals surface area contributed by atoms with E-state index in [2.05, 4.69) is 0 Å². The van der Waals surface area contributed by atoms with Gasteiger partial charge in [-0.3, -0.25) is 4.79 Å². The summed E-state index contributed by atoms with van der Waals surface area (Å²) >= 11 is 0. The normalized spacial score (nSPS) is 13.5. The average molecular weight is 156 g/mol. The minimum Gasteiger partial charge on any atom is -0.295 e. The average Bonchev–Trinajstić information content (AvgIpc) is 1.60. The molecule has 0 aromatic rings. The summed E-state index contributed by atoms with van der Waals surface area (Å²) in [5, 5.41) is 0. The molecular weight excluding hydrogens is 152 g/mol. The van der Waals surface area contributed by atoms with Gasteiger partial charge in [0.25, 0.3) is 0 Å². The molecule has 0 spiro atoms. The third-order valence-corrected chi connectivity index (χ3v) is 0.601. The molecule has 0 aromatic heterocycles. The van der Waals surface area contributed by atoms with E-state index in [9.17, 15) is 22.4 Å². The minimum absolute atomic E-state index is 0.0972. The summed E-state index contributed by atoms with van der Waals surface area (Å²) in [6.07, 6.45) is -5.13. The Labute approximate surface area is 54.3 Å². The van der Waals surface area contributed by atoms with E-state index in [4.69, 9.17) is 0 Å². The maximum Gasteiger partial charge on any atom is 0.443 e. The summed E-state index contributed by atoms with van der Waals surface area (Å²) in [7, 11) is 0. The standard InChI is InChI=1S/C5H4F4O/c1-3(10)2-4(6)5(7,8)9/h2H,1H3. The number of hydrogen-bond donors (Lipinski definition) is 0. The lowest BCUT2D eigenvalue weighted by atomic mass is 10.3. The van der Waals surface area contributed by atoms with E-state index in [0.717, 1.165) is 6.92 Å². The molecule has 0 aliphatic heterocycles. The Bertz CT molecular complexity index is 167. The minimum atomic E-state index is -5.04. The number of ketones is 1. The van der Waals surface area contributed by atoms with Gasteiger partial charge in [-0.2, -0.15) is 13.2 Å². The summed E-state index contributed by atoms with van der Waals surface area (Å²) in [5.41, 5.74) is 0. The predicted octanol–water partition coefficient (Wildman–Crippen LogP) is 1.99. The van der Waals surface area contributed by atoms with Crippen LogP contribution in [-0.4, -0.2) is 12.0 Å². The molecule has 0 amide bonds. The lowest BCUT2D eigenvalue weighted by Crippen LogP contribution is -2.08. The third-order valence-electron chi connectivity index (χ3n) is 0.601. The van der Waals surface area contributed by atoms with Crippen molar-refractivity contribution in [3.8, 4) is 0 Å². The molecule has 0 aliphatic rings. The largest absolute Gasteiger partial charge is 0.443 e. The summed E-state index contributed by atoms with van der Waals surface area (Å²) in [6, 6.07) is 0. The molecule has 0 atom stereocenters. The van der Waals surface area contributed by atoms with Gasteiger partial charge in [0.05, 0.1) is 0 Å². The molecule has 0 aromatic carbocycles. The first-order chi connectivity index (χ1) is 4.34. The first kappa shape index (κ1) is 9.13. The van der Waals surface area contributed by atoms with Crippen LogP contribution in [0.4, 0.5) is 17.6 Å². The summed E-state index contributed by atoms with van der Waals surface area (Å²) in [6.45, 7) is 0.839. The number of allylic oxidation sites excluding steroid dienone is 2. The summed E-state index contributed by atoms with van der Waals surface area (Å²) < 4.78 is 45.3.